The number of Topliss-reactive ketones (excluding diaryl/α,β-unsaturated/α-hetero) is 1. The van der Waals surface area contributed by atoms with E-state index in [0.29, 0.717) is 60.1 Å². The van der Waals surface area contributed by atoms with Crippen molar-refractivity contribution in [3.63, 3.8) is 0 Å². The molecular formula is C35H63BO5Si. The van der Waals surface area contributed by atoms with Gasteiger partial charge in [0, 0.05) is 12.3 Å². The van der Waals surface area contributed by atoms with Crippen LogP contribution in [0.1, 0.15) is 107 Å². The number of rotatable bonds is 6. The average molecular weight is 603 g/mol. The Kier molecular flexibility index (Phi) is 8.88. The van der Waals surface area contributed by atoms with Gasteiger partial charge in [0.05, 0.1) is 24.4 Å². The van der Waals surface area contributed by atoms with Crippen LogP contribution in [-0.2, 0) is 18.5 Å². The molecule has 240 valence electrons. The Balaban J connectivity index is 1.37. The summed E-state index contributed by atoms with van der Waals surface area (Å²) < 4.78 is 19.8. The highest BCUT2D eigenvalue weighted by Gasteiger charge is 2.64. The second-order valence-electron chi connectivity index (χ2n) is 18.0. The van der Waals surface area contributed by atoms with Crippen molar-refractivity contribution in [3.05, 3.63) is 0 Å². The molecule has 1 aliphatic heterocycles. The number of carbonyl (C=O) groups excluding carboxylic acids is 1. The van der Waals surface area contributed by atoms with E-state index in [1.54, 1.807) is 0 Å². The molecule has 7 heteroatoms. The maximum atomic E-state index is 13.9. The third kappa shape index (κ3) is 5.35. The van der Waals surface area contributed by atoms with Crippen molar-refractivity contribution in [2.45, 2.75) is 157 Å². The zero-order valence-electron chi connectivity index (χ0n) is 29.0. The smallest absolute Gasteiger partial charge is 0.411 e. The SMILES string of the molecule is CB1O[C@H]([C@@H](C)[C@H]2CC[C@H]3[C@@H]4CC(=O)[C@H]5C[C@@H](O)[C@H](O[Si](C)(C)C(C)(C)C)C[C@]5(C)[C@H]4CC[C@]23C)[C@@H]([C@H](C)C(C)C)O1. The Bertz CT molecular complexity index is 1010. The van der Waals surface area contributed by atoms with Gasteiger partial charge in [-0.2, -0.15) is 0 Å². The van der Waals surface area contributed by atoms with Gasteiger partial charge in [0.15, 0.2) is 8.32 Å². The number of fused-ring (bicyclic) bond motifs is 5. The van der Waals surface area contributed by atoms with E-state index in [-0.39, 0.29) is 47.2 Å². The fourth-order valence-corrected chi connectivity index (χ4v) is 12.1. The summed E-state index contributed by atoms with van der Waals surface area (Å²) in [7, 11) is -2.18. The lowest BCUT2D eigenvalue weighted by atomic mass is 9.44. The molecule has 5 fully saturated rings. The molecule has 5 nitrogen and oxygen atoms in total. The predicted octanol–water partition coefficient (Wildman–Crippen LogP) is 8.02. The summed E-state index contributed by atoms with van der Waals surface area (Å²) >= 11 is 0. The first-order valence-corrected chi connectivity index (χ1v) is 20.4. The molecule has 13 atom stereocenters. The van der Waals surface area contributed by atoms with Crippen LogP contribution in [0, 0.1) is 58.2 Å². The molecule has 0 spiro atoms. The quantitative estimate of drug-likeness (QED) is 0.312. The van der Waals surface area contributed by atoms with Crippen LogP contribution in [0.4, 0.5) is 0 Å². The summed E-state index contributed by atoms with van der Waals surface area (Å²) in [5, 5.41) is 11.4. The maximum Gasteiger partial charge on any atom is 0.454 e. The Morgan fingerprint density at radius 2 is 1.62 bits per heavy atom. The van der Waals surface area contributed by atoms with Crippen molar-refractivity contribution in [2.24, 2.45) is 58.2 Å². The standard InChI is InChI=1S/C35H63BO5Si/c1-20(2)21(3)31-32(40-36(10)39-31)22(4)24-13-14-25-23-17-28(37)27-18-29(38)30(41-42(11,12)33(5,6)7)19-35(27,9)26(23)15-16-34(24,25)8/h20-27,29-32,38H,13-19H2,1-12H3/t21-,22+,23+,24-,25+,26+,27-,29-,30-,31-,32-,34-,35-/m1/s1. The van der Waals surface area contributed by atoms with Gasteiger partial charge in [-0.05, 0) is 116 Å². The highest BCUT2D eigenvalue weighted by molar-refractivity contribution is 6.74. The average Bonchev–Trinajstić information content (AvgIpc) is 3.43. The number of aliphatic hydroxyl groups is 1. The molecule has 0 aromatic rings. The lowest BCUT2D eigenvalue weighted by molar-refractivity contribution is -0.172. The maximum absolute atomic E-state index is 13.9. The van der Waals surface area contributed by atoms with Crippen molar-refractivity contribution in [1.82, 2.24) is 0 Å². The summed E-state index contributed by atoms with van der Waals surface area (Å²) in [6, 6.07) is 0. The van der Waals surface area contributed by atoms with E-state index >= 15 is 0 Å². The van der Waals surface area contributed by atoms with Gasteiger partial charge in [-0.15, -0.1) is 0 Å². The summed E-state index contributed by atoms with van der Waals surface area (Å²) in [5.41, 5.74) is 0.142. The van der Waals surface area contributed by atoms with Gasteiger partial charge < -0.3 is 18.8 Å². The number of ketones is 1. The van der Waals surface area contributed by atoms with E-state index in [2.05, 4.69) is 82.2 Å². The molecule has 5 rings (SSSR count). The lowest BCUT2D eigenvalue weighted by Crippen LogP contribution is -2.61. The number of carbonyl (C=O) groups is 1. The van der Waals surface area contributed by atoms with Gasteiger partial charge in [-0.1, -0.05) is 62.3 Å². The highest BCUT2D eigenvalue weighted by atomic mass is 28.4. The van der Waals surface area contributed by atoms with Crippen molar-refractivity contribution in [1.29, 1.82) is 0 Å². The van der Waals surface area contributed by atoms with Crippen molar-refractivity contribution in [2.75, 3.05) is 0 Å². The Hall–Kier alpha value is -0.208. The molecule has 0 aromatic carbocycles. The van der Waals surface area contributed by atoms with E-state index < -0.39 is 14.4 Å². The van der Waals surface area contributed by atoms with E-state index in [1.807, 2.05) is 0 Å². The molecule has 1 N–H and O–H groups in total. The molecular weight excluding hydrogens is 539 g/mol. The molecule has 1 heterocycles. The van der Waals surface area contributed by atoms with Crippen LogP contribution >= 0.6 is 0 Å². The Morgan fingerprint density at radius 3 is 2.24 bits per heavy atom. The molecule has 0 bridgehead atoms. The second-order valence-corrected chi connectivity index (χ2v) is 22.7. The Morgan fingerprint density at radius 1 is 1.00 bits per heavy atom. The number of hydrogen-bond donors (Lipinski definition) is 1. The molecule has 4 saturated carbocycles. The van der Waals surface area contributed by atoms with Crippen LogP contribution in [0.25, 0.3) is 0 Å². The Labute approximate surface area is 259 Å². The van der Waals surface area contributed by atoms with Crippen LogP contribution in [0.2, 0.25) is 25.0 Å². The first-order valence-electron chi connectivity index (χ1n) is 17.5. The van der Waals surface area contributed by atoms with Crippen LogP contribution in [0.5, 0.6) is 0 Å². The zero-order valence-corrected chi connectivity index (χ0v) is 30.0. The normalized spacial score (nSPS) is 45.9. The van der Waals surface area contributed by atoms with E-state index in [9.17, 15) is 9.90 Å². The molecule has 42 heavy (non-hydrogen) atoms. The summed E-state index contributed by atoms with van der Waals surface area (Å²) in [4.78, 5) is 13.9. The molecule has 0 aromatic heterocycles. The third-order valence-corrected chi connectivity index (χ3v) is 19.0. The monoisotopic (exact) mass is 602 g/mol. The first-order chi connectivity index (χ1) is 19.3. The van der Waals surface area contributed by atoms with Crippen LogP contribution < -0.4 is 0 Å². The minimum absolute atomic E-state index is 0.0303. The highest BCUT2D eigenvalue weighted by Crippen LogP contribution is 2.68. The predicted molar refractivity (Wildman–Crippen MR) is 174 cm³/mol. The lowest BCUT2D eigenvalue weighted by Gasteiger charge is -2.61. The summed E-state index contributed by atoms with van der Waals surface area (Å²) in [6.07, 6.45) is 6.56. The van der Waals surface area contributed by atoms with E-state index in [0.717, 1.165) is 6.42 Å². The van der Waals surface area contributed by atoms with Crippen LogP contribution in [0.15, 0.2) is 0 Å². The molecule has 1 saturated heterocycles. The van der Waals surface area contributed by atoms with Gasteiger partial charge in [-0.3, -0.25) is 4.79 Å². The molecule has 4 aliphatic carbocycles. The largest absolute Gasteiger partial charge is 0.454 e. The van der Waals surface area contributed by atoms with E-state index in [1.165, 1.54) is 25.7 Å². The second kappa shape index (κ2) is 11.2. The molecule has 0 unspecified atom stereocenters. The number of aliphatic hydroxyl groups excluding tert-OH is 1. The van der Waals surface area contributed by atoms with Gasteiger partial charge in [-0.25, -0.2) is 0 Å². The van der Waals surface area contributed by atoms with Gasteiger partial charge in [0.1, 0.15) is 5.78 Å². The van der Waals surface area contributed by atoms with Crippen LogP contribution in [0.3, 0.4) is 0 Å². The molecule has 0 radical (unpaired) electrons. The van der Waals surface area contributed by atoms with Gasteiger partial charge in [0.25, 0.3) is 0 Å². The minimum Gasteiger partial charge on any atom is -0.411 e. The van der Waals surface area contributed by atoms with Crippen molar-refractivity contribution in [3.8, 4) is 0 Å². The number of hydrogen-bond acceptors (Lipinski definition) is 5. The molecule has 0 amide bonds. The topological polar surface area (TPSA) is 65.0 Å². The van der Waals surface area contributed by atoms with Gasteiger partial charge in [0.2, 0.25) is 0 Å². The molecule has 5 aliphatic rings. The zero-order chi connectivity index (χ0) is 31.2. The fourth-order valence-electron chi connectivity index (χ4n) is 10.7. The first kappa shape index (κ1) is 33.2. The minimum atomic E-state index is -2.05. The van der Waals surface area contributed by atoms with Gasteiger partial charge >= 0.3 is 7.12 Å². The summed E-state index contributed by atoms with van der Waals surface area (Å²) in [5.74, 6) is 3.98. The van der Waals surface area contributed by atoms with Crippen molar-refractivity contribution >= 4 is 21.2 Å². The third-order valence-electron chi connectivity index (χ3n) is 14.5. The van der Waals surface area contributed by atoms with E-state index in [4.69, 9.17) is 13.7 Å². The van der Waals surface area contributed by atoms with Crippen molar-refractivity contribution < 1.29 is 23.6 Å². The fraction of sp³-hybridized carbons (Fsp3) is 0.971. The van der Waals surface area contributed by atoms with Crippen LogP contribution in [-0.4, -0.2) is 50.7 Å². The summed E-state index contributed by atoms with van der Waals surface area (Å²) in [6.45, 7) is 27.8.